The summed E-state index contributed by atoms with van der Waals surface area (Å²) in [4.78, 5) is 15.7. The van der Waals surface area contributed by atoms with Gasteiger partial charge in [0.25, 0.3) is 0 Å². The van der Waals surface area contributed by atoms with Crippen LogP contribution in [0.15, 0.2) is 24.3 Å². The summed E-state index contributed by atoms with van der Waals surface area (Å²) in [5, 5.41) is 10.3. The third-order valence-corrected chi connectivity index (χ3v) is 5.09. The van der Waals surface area contributed by atoms with Crippen molar-refractivity contribution >= 4 is 5.91 Å². The number of hydrogen-bond acceptors (Lipinski definition) is 3. The average Bonchev–Trinajstić information content (AvgIpc) is 3.07. The van der Waals surface area contributed by atoms with E-state index in [1.807, 2.05) is 12.1 Å². The molecule has 2 fully saturated rings. The molecule has 2 aliphatic heterocycles. The van der Waals surface area contributed by atoms with Crippen LogP contribution in [0.4, 0.5) is 4.39 Å². The topological polar surface area (TPSA) is 43.8 Å². The number of carbonyl (C=O) groups is 1. The molecule has 1 N–H and O–H groups in total. The van der Waals surface area contributed by atoms with Crippen LogP contribution in [0.5, 0.6) is 0 Å². The Hall–Kier alpha value is -1.46. The van der Waals surface area contributed by atoms with Gasteiger partial charge in [-0.2, -0.15) is 0 Å². The fourth-order valence-electron chi connectivity index (χ4n) is 3.81. The maximum Gasteiger partial charge on any atom is 0.222 e. The number of hydrogen-bond donors (Lipinski definition) is 1. The molecule has 5 heteroatoms. The Labute approximate surface area is 136 Å². The maximum absolute atomic E-state index is 13.0. The number of likely N-dealkylation sites (tertiary alicyclic amines) is 2. The van der Waals surface area contributed by atoms with Crippen molar-refractivity contribution in [2.24, 2.45) is 0 Å². The monoisotopic (exact) mass is 320 g/mol. The van der Waals surface area contributed by atoms with Gasteiger partial charge < -0.3 is 10.0 Å². The van der Waals surface area contributed by atoms with Crippen molar-refractivity contribution in [3.63, 3.8) is 0 Å². The van der Waals surface area contributed by atoms with Gasteiger partial charge in [-0.3, -0.25) is 9.69 Å². The second-order valence-corrected chi connectivity index (χ2v) is 6.88. The summed E-state index contributed by atoms with van der Waals surface area (Å²) in [6, 6.07) is 7.12. The minimum Gasteiger partial charge on any atom is -0.390 e. The Morgan fingerprint density at radius 2 is 2.04 bits per heavy atom. The molecule has 1 aromatic carbocycles. The van der Waals surface area contributed by atoms with Gasteiger partial charge in [0.2, 0.25) is 5.91 Å². The third-order valence-electron chi connectivity index (χ3n) is 5.09. The molecule has 3 rings (SSSR count). The van der Waals surface area contributed by atoms with Crippen molar-refractivity contribution in [1.29, 1.82) is 0 Å². The number of rotatable bonds is 5. The first-order valence-corrected chi connectivity index (χ1v) is 8.48. The minimum absolute atomic E-state index is 0.155. The van der Waals surface area contributed by atoms with E-state index in [9.17, 15) is 14.3 Å². The number of carbonyl (C=O) groups excluding carboxylic acids is 1. The molecule has 3 atom stereocenters. The van der Waals surface area contributed by atoms with Crippen molar-refractivity contribution in [3.05, 3.63) is 35.6 Å². The van der Waals surface area contributed by atoms with Crippen LogP contribution in [0.3, 0.4) is 0 Å². The zero-order valence-electron chi connectivity index (χ0n) is 13.6. The molecule has 1 amide bonds. The molecule has 1 aromatic rings. The summed E-state index contributed by atoms with van der Waals surface area (Å²) in [5.74, 6) is 0.330. The number of nitrogens with zero attached hydrogens (tertiary/aromatic N) is 2. The molecule has 0 bridgehead atoms. The number of aliphatic hydroxyl groups is 1. The molecule has 2 saturated heterocycles. The predicted octanol–water partition coefficient (Wildman–Crippen LogP) is 1.99. The molecule has 0 saturated carbocycles. The van der Waals surface area contributed by atoms with E-state index in [0.29, 0.717) is 31.5 Å². The van der Waals surface area contributed by atoms with Crippen molar-refractivity contribution in [1.82, 2.24) is 9.80 Å². The molecular weight excluding hydrogens is 295 g/mol. The summed E-state index contributed by atoms with van der Waals surface area (Å²) < 4.78 is 13.0. The van der Waals surface area contributed by atoms with E-state index in [1.165, 1.54) is 12.1 Å². The van der Waals surface area contributed by atoms with Crippen LogP contribution >= 0.6 is 0 Å². The highest BCUT2D eigenvalue weighted by atomic mass is 19.1. The fraction of sp³-hybridized carbons (Fsp3) is 0.611. The first kappa shape index (κ1) is 16.4. The number of aliphatic hydroxyl groups excluding tert-OH is 1. The number of β-amino-alcohol motifs (C(OH)–C–C–N with tert-alkyl or cyclic N) is 1. The normalized spacial score (nSPS) is 26.9. The summed E-state index contributed by atoms with van der Waals surface area (Å²) in [5.41, 5.74) is 1.16. The molecule has 2 heterocycles. The zero-order chi connectivity index (χ0) is 16.4. The average molecular weight is 320 g/mol. The largest absolute Gasteiger partial charge is 0.390 e. The van der Waals surface area contributed by atoms with Crippen molar-refractivity contribution in [2.75, 3.05) is 26.2 Å². The molecule has 0 spiro atoms. The number of benzene rings is 1. The number of halogens is 1. The van der Waals surface area contributed by atoms with Crippen LogP contribution in [0.1, 0.15) is 37.7 Å². The predicted molar refractivity (Wildman–Crippen MR) is 86.6 cm³/mol. The van der Waals surface area contributed by atoms with Crippen molar-refractivity contribution in [2.45, 2.75) is 44.2 Å². The Balaban J connectivity index is 1.54. The highest BCUT2D eigenvalue weighted by molar-refractivity contribution is 5.78. The lowest BCUT2D eigenvalue weighted by molar-refractivity contribution is -0.129. The smallest absolute Gasteiger partial charge is 0.222 e. The Bertz CT molecular complexity index is 548. The zero-order valence-corrected chi connectivity index (χ0v) is 13.6. The summed E-state index contributed by atoms with van der Waals surface area (Å²) in [6.07, 6.45) is 2.02. The molecule has 4 nitrogen and oxygen atoms in total. The maximum atomic E-state index is 13.0. The highest BCUT2D eigenvalue weighted by Gasteiger charge is 2.32. The van der Waals surface area contributed by atoms with Gasteiger partial charge in [-0.15, -0.1) is 0 Å². The minimum atomic E-state index is -0.508. The van der Waals surface area contributed by atoms with E-state index in [4.69, 9.17) is 0 Å². The van der Waals surface area contributed by atoms with Crippen LogP contribution in [0.2, 0.25) is 0 Å². The quantitative estimate of drug-likeness (QED) is 0.902. The van der Waals surface area contributed by atoms with Crippen LogP contribution in [-0.4, -0.2) is 59.1 Å². The lowest BCUT2D eigenvalue weighted by Crippen LogP contribution is -2.41. The first-order chi connectivity index (χ1) is 11.0. The van der Waals surface area contributed by atoms with E-state index >= 15 is 0 Å². The molecule has 2 aliphatic rings. The van der Waals surface area contributed by atoms with E-state index in [2.05, 4.69) is 11.8 Å². The van der Waals surface area contributed by atoms with Gasteiger partial charge in [-0.05, 0) is 43.4 Å². The van der Waals surface area contributed by atoms with Crippen molar-refractivity contribution < 1.29 is 14.3 Å². The Kier molecular flexibility index (Phi) is 4.97. The van der Waals surface area contributed by atoms with E-state index in [-0.39, 0.29) is 11.7 Å². The van der Waals surface area contributed by atoms with Crippen molar-refractivity contribution in [3.8, 4) is 0 Å². The van der Waals surface area contributed by atoms with E-state index in [1.54, 1.807) is 4.90 Å². The molecule has 0 radical (unpaired) electrons. The molecule has 23 heavy (non-hydrogen) atoms. The Morgan fingerprint density at radius 1 is 1.30 bits per heavy atom. The first-order valence-electron chi connectivity index (χ1n) is 8.48. The van der Waals surface area contributed by atoms with Crippen LogP contribution in [0, 0.1) is 5.82 Å². The lowest BCUT2D eigenvalue weighted by Gasteiger charge is -2.27. The summed E-state index contributed by atoms with van der Waals surface area (Å²) in [6.45, 7) is 4.82. The van der Waals surface area contributed by atoms with Gasteiger partial charge in [0.1, 0.15) is 5.82 Å². The van der Waals surface area contributed by atoms with Gasteiger partial charge in [0.15, 0.2) is 0 Å². The SMILES string of the molecule is CC1CC(c2ccc(F)cc2)CN1CC(O)CN1CCCC1=O. The second kappa shape index (κ2) is 6.97. The van der Waals surface area contributed by atoms with Crippen LogP contribution < -0.4 is 0 Å². The van der Waals surface area contributed by atoms with Crippen LogP contribution in [-0.2, 0) is 4.79 Å². The van der Waals surface area contributed by atoms with E-state index < -0.39 is 6.10 Å². The highest BCUT2D eigenvalue weighted by Crippen LogP contribution is 2.31. The van der Waals surface area contributed by atoms with Crippen LogP contribution in [0.25, 0.3) is 0 Å². The second-order valence-electron chi connectivity index (χ2n) is 6.88. The van der Waals surface area contributed by atoms with Gasteiger partial charge in [-0.1, -0.05) is 12.1 Å². The standard InChI is InChI=1S/C18H25FN2O2/c1-13-9-15(14-4-6-16(19)7-5-14)10-21(13)12-17(22)11-20-8-2-3-18(20)23/h4-7,13,15,17,22H,2-3,8-12H2,1H3. The Morgan fingerprint density at radius 3 is 2.70 bits per heavy atom. The molecular formula is C18H25FN2O2. The lowest BCUT2D eigenvalue weighted by atomic mass is 9.97. The van der Waals surface area contributed by atoms with Gasteiger partial charge in [0, 0.05) is 38.6 Å². The third kappa shape index (κ3) is 3.90. The van der Waals surface area contributed by atoms with E-state index in [0.717, 1.165) is 31.5 Å². The fourth-order valence-corrected chi connectivity index (χ4v) is 3.81. The molecule has 3 unspecified atom stereocenters. The van der Waals surface area contributed by atoms with Gasteiger partial charge >= 0.3 is 0 Å². The molecule has 126 valence electrons. The summed E-state index contributed by atoms with van der Waals surface area (Å²) in [7, 11) is 0. The molecule has 0 aromatic heterocycles. The van der Waals surface area contributed by atoms with Gasteiger partial charge in [-0.25, -0.2) is 4.39 Å². The van der Waals surface area contributed by atoms with Gasteiger partial charge in [0.05, 0.1) is 6.10 Å². The molecule has 0 aliphatic carbocycles. The summed E-state index contributed by atoms with van der Waals surface area (Å²) >= 11 is 0. The number of amides is 1.